The first-order valence-corrected chi connectivity index (χ1v) is 4.99. The van der Waals surface area contributed by atoms with E-state index in [2.05, 4.69) is 20.7 Å². The van der Waals surface area contributed by atoms with Crippen molar-refractivity contribution in [1.82, 2.24) is 14.9 Å². The van der Waals surface area contributed by atoms with Gasteiger partial charge >= 0.3 is 0 Å². The maximum absolute atomic E-state index is 10.6. The van der Waals surface area contributed by atoms with E-state index in [1.165, 1.54) is 30.7 Å². The molecule has 0 aliphatic heterocycles. The smallest absolute Gasteiger partial charge is 0.270 e. The molecule has 0 bridgehead atoms. The number of nitrogens with two attached hydrogens (primary N) is 1. The van der Waals surface area contributed by atoms with Crippen LogP contribution in [0.25, 0.3) is 0 Å². The van der Waals surface area contributed by atoms with Crippen molar-refractivity contribution in [3.63, 3.8) is 0 Å². The Bertz CT molecular complexity index is 636. The molecular formula is C9H9N7O3. The number of nitrogen functional groups attached to an aromatic ring is 1. The van der Waals surface area contributed by atoms with Gasteiger partial charge in [-0.3, -0.25) is 10.1 Å². The molecule has 4 N–H and O–H groups in total. The largest absolute Gasteiger partial charge is 0.507 e. The molecule has 2 rings (SSSR count). The number of benzene rings is 1. The molecule has 1 aromatic heterocycles. The summed E-state index contributed by atoms with van der Waals surface area (Å²) in [5, 5.41) is 31.0. The monoisotopic (exact) mass is 263 g/mol. The van der Waals surface area contributed by atoms with Crippen molar-refractivity contribution in [3.05, 3.63) is 40.2 Å². The number of aromatic nitrogens is 3. The van der Waals surface area contributed by atoms with Crippen LogP contribution in [-0.4, -0.2) is 31.1 Å². The summed E-state index contributed by atoms with van der Waals surface area (Å²) in [4.78, 5) is 10.0. The third-order valence-electron chi connectivity index (χ3n) is 2.16. The number of nitro benzene ring substituents is 1. The number of hydrogen-bond donors (Lipinski definition) is 3. The lowest BCUT2D eigenvalue weighted by Gasteiger charge is -2.00. The Morgan fingerprint density at radius 3 is 3.00 bits per heavy atom. The number of hydrazone groups is 1. The molecule has 10 heteroatoms. The van der Waals surface area contributed by atoms with Crippen molar-refractivity contribution in [2.75, 3.05) is 11.3 Å². The summed E-state index contributed by atoms with van der Waals surface area (Å²) in [5.74, 6) is 5.48. The van der Waals surface area contributed by atoms with E-state index in [1.54, 1.807) is 0 Å². The summed E-state index contributed by atoms with van der Waals surface area (Å²) in [7, 11) is 0. The molecule has 1 heterocycles. The van der Waals surface area contributed by atoms with Crippen LogP contribution in [-0.2, 0) is 0 Å². The van der Waals surface area contributed by atoms with E-state index in [-0.39, 0.29) is 22.9 Å². The summed E-state index contributed by atoms with van der Waals surface area (Å²) < 4.78 is 1.10. The van der Waals surface area contributed by atoms with Crippen molar-refractivity contribution in [1.29, 1.82) is 0 Å². The van der Waals surface area contributed by atoms with Gasteiger partial charge in [0.25, 0.3) is 11.6 Å². The molecule has 19 heavy (non-hydrogen) atoms. The van der Waals surface area contributed by atoms with Gasteiger partial charge in [-0.25, -0.2) is 10.1 Å². The predicted molar refractivity (Wildman–Crippen MR) is 66.2 cm³/mol. The fourth-order valence-corrected chi connectivity index (χ4v) is 1.24. The summed E-state index contributed by atoms with van der Waals surface area (Å²) in [6.45, 7) is 0. The van der Waals surface area contributed by atoms with Crippen LogP contribution in [0.3, 0.4) is 0 Å². The van der Waals surface area contributed by atoms with Crippen LogP contribution in [0.5, 0.6) is 5.75 Å². The Labute approximate surface area is 106 Å². The lowest BCUT2D eigenvalue weighted by Crippen LogP contribution is -2.10. The lowest BCUT2D eigenvalue weighted by atomic mass is 10.2. The number of non-ortho nitro benzene ring substituents is 1. The maximum Gasteiger partial charge on any atom is 0.270 e. The van der Waals surface area contributed by atoms with Gasteiger partial charge in [0.05, 0.1) is 11.1 Å². The Morgan fingerprint density at radius 1 is 1.58 bits per heavy atom. The van der Waals surface area contributed by atoms with Gasteiger partial charge in [-0.05, 0) is 6.07 Å². The quantitative estimate of drug-likeness (QED) is 0.306. The van der Waals surface area contributed by atoms with E-state index in [9.17, 15) is 15.2 Å². The summed E-state index contributed by atoms with van der Waals surface area (Å²) >= 11 is 0. The van der Waals surface area contributed by atoms with Gasteiger partial charge in [0, 0.05) is 17.7 Å². The number of nitro groups is 1. The predicted octanol–water partition coefficient (Wildman–Crippen LogP) is 0.0517. The van der Waals surface area contributed by atoms with Crippen LogP contribution in [0.2, 0.25) is 0 Å². The van der Waals surface area contributed by atoms with Crippen LogP contribution in [0.4, 0.5) is 11.6 Å². The lowest BCUT2D eigenvalue weighted by molar-refractivity contribution is -0.384. The van der Waals surface area contributed by atoms with E-state index in [1.807, 2.05) is 0 Å². The summed E-state index contributed by atoms with van der Waals surface area (Å²) in [5.41, 5.74) is 2.50. The zero-order valence-electron chi connectivity index (χ0n) is 9.46. The highest BCUT2D eigenvalue weighted by Gasteiger charge is 2.08. The second-order valence-electron chi connectivity index (χ2n) is 3.43. The van der Waals surface area contributed by atoms with Crippen molar-refractivity contribution in [2.24, 2.45) is 5.10 Å². The van der Waals surface area contributed by atoms with Crippen molar-refractivity contribution < 1.29 is 10.0 Å². The highest BCUT2D eigenvalue weighted by molar-refractivity contribution is 5.84. The van der Waals surface area contributed by atoms with Crippen LogP contribution >= 0.6 is 0 Å². The number of hydrogen-bond acceptors (Lipinski definition) is 8. The molecule has 0 fully saturated rings. The van der Waals surface area contributed by atoms with Crippen LogP contribution < -0.4 is 11.3 Å². The van der Waals surface area contributed by atoms with E-state index < -0.39 is 4.92 Å². The molecule has 0 radical (unpaired) electrons. The van der Waals surface area contributed by atoms with Gasteiger partial charge < -0.3 is 10.9 Å². The molecule has 0 unspecified atom stereocenters. The van der Waals surface area contributed by atoms with Crippen LogP contribution in [0.1, 0.15) is 5.56 Å². The second kappa shape index (κ2) is 5.00. The first-order valence-electron chi connectivity index (χ1n) is 4.99. The van der Waals surface area contributed by atoms with E-state index in [0.717, 1.165) is 4.68 Å². The Balaban J connectivity index is 2.16. The average Bonchev–Trinajstić information content (AvgIpc) is 2.77. The third kappa shape index (κ3) is 2.74. The number of nitrogens with one attached hydrogen (secondary N) is 1. The molecule has 0 saturated heterocycles. The minimum Gasteiger partial charge on any atom is -0.507 e. The van der Waals surface area contributed by atoms with Crippen molar-refractivity contribution in [3.8, 4) is 5.75 Å². The van der Waals surface area contributed by atoms with Gasteiger partial charge in [-0.15, -0.1) is 10.2 Å². The number of phenolic OH excluding ortho intramolecular Hbond substituents is 1. The zero-order valence-corrected chi connectivity index (χ0v) is 9.46. The van der Waals surface area contributed by atoms with Gasteiger partial charge in [0.2, 0.25) is 0 Å². The number of aromatic hydroxyl groups is 1. The van der Waals surface area contributed by atoms with Gasteiger partial charge in [-0.2, -0.15) is 5.10 Å². The van der Waals surface area contributed by atoms with Crippen molar-refractivity contribution >= 4 is 17.9 Å². The molecule has 0 spiro atoms. The van der Waals surface area contributed by atoms with Crippen LogP contribution in [0, 0.1) is 10.1 Å². The minimum atomic E-state index is -0.569. The average molecular weight is 263 g/mol. The molecule has 10 nitrogen and oxygen atoms in total. The number of rotatable bonds is 4. The summed E-state index contributed by atoms with van der Waals surface area (Å²) in [6, 6.07) is 3.59. The van der Waals surface area contributed by atoms with E-state index >= 15 is 0 Å². The molecule has 0 aliphatic rings. The molecule has 2 aromatic rings. The van der Waals surface area contributed by atoms with Crippen LogP contribution in [0.15, 0.2) is 29.6 Å². The highest BCUT2D eigenvalue weighted by atomic mass is 16.6. The first-order chi connectivity index (χ1) is 9.08. The number of phenols is 1. The summed E-state index contributed by atoms with van der Waals surface area (Å²) in [6.07, 6.45) is 2.47. The fraction of sp³-hybridized carbons (Fsp3) is 0. The molecule has 0 amide bonds. The van der Waals surface area contributed by atoms with Gasteiger partial charge in [-0.1, -0.05) is 0 Å². The van der Waals surface area contributed by atoms with Gasteiger partial charge in [0.15, 0.2) is 0 Å². The first kappa shape index (κ1) is 12.3. The molecule has 0 saturated carbocycles. The van der Waals surface area contributed by atoms with E-state index in [4.69, 9.17) is 5.84 Å². The molecular weight excluding hydrogens is 254 g/mol. The Hall–Kier alpha value is -3.17. The minimum absolute atomic E-state index is 0.134. The normalized spacial score (nSPS) is 10.7. The standard InChI is InChI=1S/C9H9N7O3/c10-15-5-12-14-9(15)13-11-4-6-3-7(16(18)19)1-2-8(6)17/h1-5,17H,10H2,(H,13,14)/b11-4+. The Kier molecular flexibility index (Phi) is 3.23. The topological polar surface area (TPSA) is 144 Å². The maximum atomic E-state index is 10.6. The zero-order chi connectivity index (χ0) is 13.8. The molecule has 98 valence electrons. The van der Waals surface area contributed by atoms with Crippen molar-refractivity contribution in [2.45, 2.75) is 0 Å². The second-order valence-corrected chi connectivity index (χ2v) is 3.43. The molecule has 0 atom stereocenters. The molecule has 0 aliphatic carbocycles. The number of anilines is 1. The van der Waals surface area contributed by atoms with E-state index in [0.29, 0.717) is 0 Å². The SMILES string of the molecule is Nn1cnnc1N/N=C/c1cc([N+](=O)[O-])ccc1O. The van der Waals surface area contributed by atoms with Gasteiger partial charge in [0.1, 0.15) is 12.1 Å². The number of nitrogens with zero attached hydrogens (tertiary/aromatic N) is 5. The fourth-order valence-electron chi connectivity index (χ4n) is 1.24. The molecule has 1 aromatic carbocycles. The Morgan fingerprint density at radius 2 is 2.37 bits per heavy atom. The highest BCUT2D eigenvalue weighted by Crippen LogP contribution is 2.21. The third-order valence-corrected chi connectivity index (χ3v) is 2.16.